The Hall–Kier alpha value is -0.650. The van der Waals surface area contributed by atoms with Crippen molar-refractivity contribution in [1.29, 1.82) is 0 Å². The number of hydrogen-bond donors (Lipinski definition) is 1. The summed E-state index contributed by atoms with van der Waals surface area (Å²) in [7, 11) is 0. The number of carbonyl (C=O) groups is 1. The van der Waals surface area contributed by atoms with Crippen molar-refractivity contribution < 1.29 is 9.53 Å². The van der Waals surface area contributed by atoms with E-state index in [1.807, 2.05) is 18.2 Å². The molecule has 0 radical (unpaired) electrons. The van der Waals surface area contributed by atoms with E-state index >= 15 is 0 Å². The molecular weight excluding hydrogens is 362 g/mol. The highest BCUT2D eigenvalue weighted by Crippen LogP contribution is 2.26. The Kier molecular flexibility index (Phi) is 6.60. The molecular formula is C13H15Br2NO2. The minimum Gasteiger partial charge on any atom is -0.368 e. The highest BCUT2D eigenvalue weighted by Gasteiger charge is 2.14. The van der Waals surface area contributed by atoms with E-state index < -0.39 is 6.10 Å². The van der Waals surface area contributed by atoms with Crippen LogP contribution in [0, 0.1) is 0 Å². The maximum Gasteiger partial charge on any atom is 0.253 e. The maximum absolute atomic E-state index is 11.8. The summed E-state index contributed by atoms with van der Waals surface area (Å²) < 4.78 is 7.14. The molecule has 0 spiro atoms. The monoisotopic (exact) mass is 375 g/mol. The fraction of sp³-hybridized carbons (Fsp3) is 0.308. The topological polar surface area (TPSA) is 38.3 Å². The third kappa shape index (κ3) is 4.92. The van der Waals surface area contributed by atoms with Crippen LogP contribution in [0.25, 0.3) is 0 Å². The van der Waals surface area contributed by atoms with Crippen LogP contribution in [0.1, 0.15) is 13.3 Å². The van der Waals surface area contributed by atoms with Crippen molar-refractivity contribution in [2.24, 2.45) is 0 Å². The molecule has 98 valence electrons. The Labute approximate surface area is 124 Å². The van der Waals surface area contributed by atoms with Crippen LogP contribution in [0.4, 0.5) is 5.69 Å². The van der Waals surface area contributed by atoms with Gasteiger partial charge in [0.15, 0.2) is 0 Å². The van der Waals surface area contributed by atoms with E-state index in [4.69, 9.17) is 4.74 Å². The van der Waals surface area contributed by atoms with Crippen molar-refractivity contribution in [2.75, 3.05) is 11.9 Å². The third-order valence-electron chi connectivity index (χ3n) is 2.25. The Bertz CT molecular complexity index is 435. The molecule has 1 unspecified atom stereocenters. The first-order chi connectivity index (χ1) is 8.54. The quantitative estimate of drug-likeness (QED) is 0.598. The number of anilines is 1. The summed E-state index contributed by atoms with van der Waals surface area (Å²) >= 11 is 6.75. The molecule has 0 aromatic heterocycles. The summed E-state index contributed by atoms with van der Waals surface area (Å²) in [4.78, 5) is 11.8. The van der Waals surface area contributed by atoms with Crippen LogP contribution in [0.15, 0.2) is 39.8 Å². The van der Waals surface area contributed by atoms with Gasteiger partial charge in [-0.15, -0.1) is 6.58 Å². The van der Waals surface area contributed by atoms with Gasteiger partial charge in [-0.05, 0) is 47.5 Å². The predicted molar refractivity (Wildman–Crippen MR) is 80.7 cm³/mol. The highest BCUT2D eigenvalue weighted by atomic mass is 79.9. The van der Waals surface area contributed by atoms with Crippen LogP contribution in [0.5, 0.6) is 0 Å². The van der Waals surface area contributed by atoms with Crippen LogP contribution in [0.3, 0.4) is 0 Å². The predicted octanol–water partition coefficient (Wildman–Crippen LogP) is 4.13. The van der Waals surface area contributed by atoms with Crippen LogP contribution in [-0.4, -0.2) is 18.6 Å². The van der Waals surface area contributed by atoms with Gasteiger partial charge in [0.2, 0.25) is 0 Å². The van der Waals surface area contributed by atoms with Crippen molar-refractivity contribution >= 4 is 43.5 Å². The van der Waals surface area contributed by atoms with E-state index in [1.54, 1.807) is 13.0 Å². The summed E-state index contributed by atoms with van der Waals surface area (Å²) in [6.07, 6.45) is 2.01. The number of carbonyl (C=O) groups excluding carboxylic acids is 1. The number of benzene rings is 1. The second kappa shape index (κ2) is 7.71. The van der Waals surface area contributed by atoms with E-state index in [2.05, 4.69) is 43.8 Å². The van der Waals surface area contributed by atoms with Crippen LogP contribution >= 0.6 is 31.9 Å². The lowest BCUT2D eigenvalue weighted by Gasteiger charge is -2.13. The zero-order valence-corrected chi connectivity index (χ0v) is 13.3. The van der Waals surface area contributed by atoms with Gasteiger partial charge in [0.1, 0.15) is 6.10 Å². The lowest BCUT2D eigenvalue weighted by atomic mass is 10.3. The molecule has 0 saturated carbocycles. The fourth-order valence-electron chi connectivity index (χ4n) is 1.23. The second-order valence-electron chi connectivity index (χ2n) is 3.70. The lowest BCUT2D eigenvalue weighted by molar-refractivity contribution is -0.126. The van der Waals surface area contributed by atoms with Crippen LogP contribution in [-0.2, 0) is 9.53 Å². The fourth-order valence-corrected chi connectivity index (χ4v) is 2.38. The van der Waals surface area contributed by atoms with Gasteiger partial charge in [-0.2, -0.15) is 0 Å². The van der Waals surface area contributed by atoms with Gasteiger partial charge in [0.05, 0.1) is 12.3 Å². The number of nitrogens with one attached hydrogen (secondary N) is 1. The molecule has 3 nitrogen and oxygen atoms in total. The zero-order chi connectivity index (χ0) is 13.5. The maximum atomic E-state index is 11.8. The number of halogens is 2. The normalized spacial score (nSPS) is 11.9. The van der Waals surface area contributed by atoms with Gasteiger partial charge in [0, 0.05) is 8.95 Å². The standard InChI is InChI=1S/C13H15Br2NO2/c1-3-4-7-18-9(2)13(17)16-12-6-5-10(14)8-11(12)15/h3,5-6,8-9H,1,4,7H2,2H3,(H,16,17). The van der Waals surface area contributed by atoms with E-state index in [-0.39, 0.29) is 5.91 Å². The highest BCUT2D eigenvalue weighted by molar-refractivity contribution is 9.11. The molecule has 0 aliphatic carbocycles. The molecule has 1 amide bonds. The number of ether oxygens (including phenoxy) is 1. The molecule has 1 aromatic rings. The third-order valence-corrected chi connectivity index (χ3v) is 3.40. The average molecular weight is 377 g/mol. The van der Waals surface area contributed by atoms with Crippen LogP contribution < -0.4 is 5.32 Å². The van der Waals surface area contributed by atoms with Gasteiger partial charge in [0.25, 0.3) is 5.91 Å². The Morgan fingerprint density at radius 3 is 2.89 bits per heavy atom. The molecule has 0 bridgehead atoms. The number of rotatable bonds is 6. The molecule has 0 saturated heterocycles. The number of amides is 1. The first-order valence-corrected chi connectivity index (χ1v) is 7.11. The first kappa shape index (κ1) is 15.4. The van der Waals surface area contributed by atoms with Gasteiger partial charge < -0.3 is 10.1 Å². The summed E-state index contributed by atoms with van der Waals surface area (Å²) in [5.41, 5.74) is 0.724. The van der Waals surface area contributed by atoms with Gasteiger partial charge >= 0.3 is 0 Å². The largest absolute Gasteiger partial charge is 0.368 e. The summed E-state index contributed by atoms with van der Waals surface area (Å²) in [5, 5.41) is 2.81. The molecule has 0 aliphatic rings. The second-order valence-corrected chi connectivity index (χ2v) is 5.47. The molecule has 18 heavy (non-hydrogen) atoms. The van der Waals surface area contributed by atoms with Crippen molar-refractivity contribution in [2.45, 2.75) is 19.4 Å². The summed E-state index contributed by atoms with van der Waals surface area (Å²) in [5.74, 6) is -0.165. The molecule has 0 heterocycles. The molecule has 1 rings (SSSR count). The van der Waals surface area contributed by atoms with Gasteiger partial charge in [-0.1, -0.05) is 22.0 Å². The Morgan fingerprint density at radius 1 is 1.56 bits per heavy atom. The summed E-state index contributed by atoms with van der Waals surface area (Å²) in [6.45, 7) is 5.83. The van der Waals surface area contributed by atoms with Crippen molar-refractivity contribution in [3.05, 3.63) is 39.8 Å². The smallest absolute Gasteiger partial charge is 0.253 e. The zero-order valence-electron chi connectivity index (χ0n) is 10.1. The van der Waals surface area contributed by atoms with Crippen molar-refractivity contribution in [3.8, 4) is 0 Å². The van der Waals surface area contributed by atoms with E-state index in [9.17, 15) is 4.79 Å². The average Bonchev–Trinajstić information content (AvgIpc) is 2.32. The van der Waals surface area contributed by atoms with Gasteiger partial charge in [-0.3, -0.25) is 4.79 Å². The summed E-state index contributed by atoms with van der Waals surface area (Å²) in [6, 6.07) is 5.56. The Balaban J connectivity index is 2.55. The minimum absolute atomic E-state index is 0.165. The lowest BCUT2D eigenvalue weighted by Crippen LogP contribution is -2.28. The molecule has 0 fully saturated rings. The molecule has 1 aromatic carbocycles. The molecule has 1 N–H and O–H groups in total. The van der Waals surface area contributed by atoms with Crippen LogP contribution in [0.2, 0.25) is 0 Å². The molecule has 0 aliphatic heterocycles. The minimum atomic E-state index is -0.486. The van der Waals surface area contributed by atoms with Crippen molar-refractivity contribution in [3.63, 3.8) is 0 Å². The van der Waals surface area contributed by atoms with Crippen molar-refractivity contribution in [1.82, 2.24) is 0 Å². The molecule has 1 atom stereocenters. The van der Waals surface area contributed by atoms with E-state index in [1.165, 1.54) is 0 Å². The van der Waals surface area contributed by atoms with E-state index in [0.29, 0.717) is 6.61 Å². The van der Waals surface area contributed by atoms with Gasteiger partial charge in [-0.25, -0.2) is 0 Å². The first-order valence-electron chi connectivity index (χ1n) is 5.53. The SMILES string of the molecule is C=CCCOC(C)C(=O)Nc1ccc(Br)cc1Br. The van der Waals surface area contributed by atoms with E-state index in [0.717, 1.165) is 21.1 Å². The molecule has 5 heteroatoms. The Morgan fingerprint density at radius 2 is 2.28 bits per heavy atom. The number of hydrogen-bond acceptors (Lipinski definition) is 2.